The van der Waals surface area contributed by atoms with Crippen molar-refractivity contribution in [3.05, 3.63) is 0 Å². The molecule has 0 aromatic heterocycles. The molecule has 1 aliphatic rings. The Bertz CT molecular complexity index is 196. The highest BCUT2D eigenvalue weighted by atomic mass is 32.2. The summed E-state index contributed by atoms with van der Waals surface area (Å²) in [5.74, 6) is 0.0246. The van der Waals surface area contributed by atoms with Crippen molar-refractivity contribution in [3.63, 3.8) is 0 Å². The summed E-state index contributed by atoms with van der Waals surface area (Å²) < 4.78 is 0. The summed E-state index contributed by atoms with van der Waals surface area (Å²) in [6, 6.07) is 0. The standard InChI is InChI=1S/C7H12N2O2S/c1-12-5-4-9-3-2-8-6(10)7(9)11/h2-5H2,1H3,(H,8,10). The van der Waals surface area contributed by atoms with Crippen LogP contribution in [-0.2, 0) is 9.59 Å². The Morgan fingerprint density at radius 2 is 2.33 bits per heavy atom. The molecule has 1 heterocycles. The van der Waals surface area contributed by atoms with Crippen molar-refractivity contribution in [3.8, 4) is 0 Å². The average Bonchev–Trinajstić information content (AvgIpc) is 2.08. The summed E-state index contributed by atoms with van der Waals surface area (Å²) in [6.07, 6.45) is 1.98. The van der Waals surface area contributed by atoms with Gasteiger partial charge in [0.1, 0.15) is 0 Å². The van der Waals surface area contributed by atoms with Crippen LogP contribution >= 0.6 is 11.8 Å². The smallest absolute Gasteiger partial charge is 0.311 e. The molecule has 4 nitrogen and oxygen atoms in total. The molecule has 0 bridgehead atoms. The van der Waals surface area contributed by atoms with Crippen molar-refractivity contribution in [2.45, 2.75) is 0 Å². The van der Waals surface area contributed by atoms with E-state index in [1.807, 2.05) is 6.26 Å². The van der Waals surface area contributed by atoms with Gasteiger partial charge in [0.15, 0.2) is 0 Å². The van der Waals surface area contributed by atoms with Crippen LogP contribution in [0, 0.1) is 0 Å². The van der Waals surface area contributed by atoms with Gasteiger partial charge in [-0.25, -0.2) is 0 Å². The average molecular weight is 188 g/mol. The van der Waals surface area contributed by atoms with Gasteiger partial charge in [0.25, 0.3) is 0 Å². The molecule has 0 aliphatic carbocycles. The molecular weight excluding hydrogens is 176 g/mol. The maximum Gasteiger partial charge on any atom is 0.311 e. The number of rotatable bonds is 3. The van der Waals surface area contributed by atoms with Crippen LogP contribution in [0.4, 0.5) is 0 Å². The van der Waals surface area contributed by atoms with Crippen molar-refractivity contribution in [1.82, 2.24) is 10.2 Å². The quantitative estimate of drug-likeness (QED) is 0.596. The first kappa shape index (κ1) is 9.38. The number of nitrogens with zero attached hydrogens (tertiary/aromatic N) is 1. The normalized spacial score (nSPS) is 17.9. The second-order valence-electron chi connectivity index (χ2n) is 2.54. The molecule has 0 spiro atoms. The Morgan fingerprint density at radius 3 is 3.00 bits per heavy atom. The predicted octanol–water partition coefficient (Wildman–Crippen LogP) is -0.692. The van der Waals surface area contributed by atoms with E-state index in [1.54, 1.807) is 16.7 Å². The number of hydrogen-bond donors (Lipinski definition) is 1. The van der Waals surface area contributed by atoms with E-state index in [0.29, 0.717) is 19.6 Å². The third-order valence-electron chi connectivity index (χ3n) is 1.71. The summed E-state index contributed by atoms with van der Waals surface area (Å²) in [5, 5.41) is 2.50. The van der Waals surface area contributed by atoms with Crippen molar-refractivity contribution < 1.29 is 9.59 Å². The number of piperazine rings is 1. The second-order valence-corrected chi connectivity index (χ2v) is 3.53. The fourth-order valence-corrected chi connectivity index (χ4v) is 1.44. The van der Waals surface area contributed by atoms with E-state index in [9.17, 15) is 9.59 Å². The molecule has 0 aromatic carbocycles. The van der Waals surface area contributed by atoms with Gasteiger partial charge in [-0.1, -0.05) is 0 Å². The van der Waals surface area contributed by atoms with Crippen molar-refractivity contribution in [2.75, 3.05) is 31.6 Å². The van der Waals surface area contributed by atoms with Crippen LogP contribution in [-0.4, -0.2) is 48.4 Å². The van der Waals surface area contributed by atoms with Crippen molar-refractivity contribution >= 4 is 23.6 Å². The van der Waals surface area contributed by atoms with Crippen molar-refractivity contribution in [1.29, 1.82) is 0 Å². The minimum atomic E-state index is -0.470. The van der Waals surface area contributed by atoms with Gasteiger partial charge in [-0.15, -0.1) is 0 Å². The molecule has 0 unspecified atom stereocenters. The summed E-state index contributed by atoms with van der Waals surface area (Å²) >= 11 is 1.67. The van der Waals surface area contributed by atoms with Gasteiger partial charge in [-0.05, 0) is 6.26 Å². The molecule has 1 saturated heterocycles. The summed E-state index contributed by atoms with van der Waals surface area (Å²) in [4.78, 5) is 23.6. The summed E-state index contributed by atoms with van der Waals surface area (Å²) in [6.45, 7) is 1.90. The number of nitrogens with one attached hydrogen (secondary N) is 1. The molecule has 1 aliphatic heterocycles. The lowest BCUT2D eigenvalue weighted by atomic mass is 10.3. The Morgan fingerprint density at radius 1 is 1.58 bits per heavy atom. The SMILES string of the molecule is CSCCN1CCNC(=O)C1=O. The van der Waals surface area contributed by atoms with Crippen LogP contribution in [0.2, 0.25) is 0 Å². The maximum atomic E-state index is 11.1. The Kier molecular flexibility index (Phi) is 3.40. The van der Waals surface area contributed by atoms with Crippen LogP contribution in [0.3, 0.4) is 0 Å². The van der Waals surface area contributed by atoms with Crippen LogP contribution in [0.1, 0.15) is 0 Å². The van der Waals surface area contributed by atoms with Crippen LogP contribution < -0.4 is 5.32 Å². The molecule has 1 fully saturated rings. The Hall–Kier alpha value is -0.710. The molecule has 2 amide bonds. The molecule has 0 radical (unpaired) electrons. The zero-order chi connectivity index (χ0) is 8.97. The third-order valence-corrected chi connectivity index (χ3v) is 2.30. The maximum absolute atomic E-state index is 11.1. The molecule has 12 heavy (non-hydrogen) atoms. The highest BCUT2D eigenvalue weighted by Crippen LogP contribution is 1.99. The minimum absolute atomic E-state index is 0.393. The number of carbonyl (C=O) groups is 2. The molecule has 5 heteroatoms. The molecule has 0 saturated carbocycles. The Balaban J connectivity index is 2.41. The van der Waals surface area contributed by atoms with Crippen LogP contribution in [0.5, 0.6) is 0 Å². The van der Waals surface area contributed by atoms with Gasteiger partial charge in [0.2, 0.25) is 0 Å². The topological polar surface area (TPSA) is 49.4 Å². The lowest BCUT2D eigenvalue weighted by Gasteiger charge is -2.25. The number of hydrogen-bond acceptors (Lipinski definition) is 3. The molecule has 0 atom stereocenters. The molecular formula is C7H12N2O2S. The zero-order valence-electron chi connectivity index (χ0n) is 7.00. The van der Waals surface area contributed by atoms with E-state index in [2.05, 4.69) is 5.32 Å². The number of carbonyl (C=O) groups excluding carboxylic acids is 2. The van der Waals surface area contributed by atoms with Gasteiger partial charge >= 0.3 is 11.8 Å². The predicted molar refractivity (Wildman–Crippen MR) is 48.0 cm³/mol. The second kappa shape index (κ2) is 4.35. The molecule has 68 valence electrons. The number of amides is 2. The van der Waals surface area contributed by atoms with Crippen molar-refractivity contribution in [2.24, 2.45) is 0 Å². The molecule has 1 N–H and O–H groups in total. The fraction of sp³-hybridized carbons (Fsp3) is 0.714. The third kappa shape index (κ3) is 2.14. The molecule has 0 aromatic rings. The summed E-state index contributed by atoms with van der Waals surface area (Å²) in [7, 11) is 0. The highest BCUT2D eigenvalue weighted by molar-refractivity contribution is 7.98. The largest absolute Gasteiger partial charge is 0.346 e. The minimum Gasteiger partial charge on any atom is -0.346 e. The van der Waals surface area contributed by atoms with E-state index in [1.165, 1.54) is 0 Å². The van der Waals surface area contributed by atoms with Gasteiger partial charge in [0.05, 0.1) is 0 Å². The van der Waals surface area contributed by atoms with E-state index < -0.39 is 11.8 Å². The zero-order valence-corrected chi connectivity index (χ0v) is 7.82. The van der Waals surface area contributed by atoms with Gasteiger partial charge < -0.3 is 10.2 Å². The van der Waals surface area contributed by atoms with Gasteiger partial charge in [-0.3, -0.25) is 9.59 Å². The first-order chi connectivity index (χ1) is 5.75. The number of thioether (sulfide) groups is 1. The van der Waals surface area contributed by atoms with Gasteiger partial charge in [0, 0.05) is 25.4 Å². The highest BCUT2D eigenvalue weighted by Gasteiger charge is 2.24. The van der Waals surface area contributed by atoms with E-state index in [4.69, 9.17) is 0 Å². The van der Waals surface area contributed by atoms with E-state index in [0.717, 1.165) is 5.75 Å². The first-order valence-corrected chi connectivity index (χ1v) is 5.21. The van der Waals surface area contributed by atoms with Gasteiger partial charge in [-0.2, -0.15) is 11.8 Å². The summed E-state index contributed by atoms with van der Waals surface area (Å²) in [5.41, 5.74) is 0. The van der Waals surface area contributed by atoms with Crippen LogP contribution in [0.25, 0.3) is 0 Å². The lowest BCUT2D eigenvalue weighted by molar-refractivity contribution is -0.147. The van der Waals surface area contributed by atoms with E-state index in [-0.39, 0.29) is 0 Å². The Labute approximate surface area is 75.7 Å². The first-order valence-electron chi connectivity index (χ1n) is 3.81. The van der Waals surface area contributed by atoms with Crippen LogP contribution in [0.15, 0.2) is 0 Å². The molecule has 1 rings (SSSR count). The fourth-order valence-electron chi connectivity index (χ4n) is 1.04. The lowest BCUT2D eigenvalue weighted by Crippen LogP contribution is -2.52. The van der Waals surface area contributed by atoms with E-state index >= 15 is 0 Å². The monoisotopic (exact) mass is 188 g/mol.